The van der Waals surface area contributed by atoms with Crippen molar-refractivity contribution in [3.05, 3.63) is 157 Å². The molecule has 0 aliphatic rings. The second-order valence-electron chi connectivity index (χ2n) is 12.3. The maximum Gasteiger partial charge on any atom is 0.137 e. The first-order valence-electron chi connectivity index (χ1n) is 16.2. The summed E-state index contributed by atoms with van der Waals surface area (Å²) in [6.45, 7) is 0. The number of nitriles is 2. The van der Waals surface area contributed by atoms with Crippen LogP contribution in [-0.4, -0.2) is 9.13 Å². The molecule has 0 fully saturated rings. The second-order valence-corrected chi connectivity index (χ2v) is 12.3. The van der Waals surface area contributed by atoms with Crippen LogP contribution >= 0.6 is 0 Å². The van der Waals surface area contributed by atoms with Gasteiger partial charge in [-0.1, -0.05) is 97.1 Å². The Morgan fingerprint density at radius 3 is 1.73 bits per heavy atom. The highest BCUT2D eigenvalue weighted by Crippen LogP contribution is 2.45. The molecule has 0 unspecified atom stereocenters. The van der Waals surface area contributed by atoms with Crippen molar-refractivity contribution in [2.45, 2.75) is 0 Å². The van der Waals surface area contributed by atoms with Gasteiger partial charge in [0.25, 0.3) is 0 Å². The predicted octanol–water partition coefficient (Wildman–Crippen LogP) is 11.2. The van der Waals surface area contributed by atoms with E-state index in [1.807, 2.05) is 48.5 Å². The lowest BCUT2D eigenvalue weighted by atomic mass is 9.95. The lowest BCUT2D eigenvalue weighted by molar-refractivity contribution is 0.669. The van der Waals surface area contributed by atoms with Crippen LogP contribution in [0.2, 0.25) is 0 Å². The van der Waals surface area contributed by atoms with Crippen LogP contribution in [-0.2, 0) is 0 Å². The molecule has 0 N–H and O–H groups in total. The van der Waals surface area contributed by atoms with E-state index in [9.17, 15) is 10.5 Å². The van der Waals surface area contributed by atoms with Gasteiger partial charge < -0.3 is 13.6 Å². The molecule has 0 aliphatic carbocycles. The Morgan fingerprint density at radius 2 is 1.04 bits per heavy atom. The van der Waals surface area contributed by atoms with Crippen molar-refractivity contribution in [1.82, 2.24) is 9.13 Å². The molecule has 0 spiro atoms. The van der Waals surface area contributed by atoms with Crippen LogP contribution in [0.5, 0.6) is 0 Å². The molecule has 0 saturated carbocycles. The van der Waals surface area contributed by atoms with Gasteiger partial charge in [0.15, 0.2) is 0 Å². The van der Waals surface area contributed by atoms with Crippen molar-refractivity contribution in [2.75, 3.05) is 0 Å². The minimum absolute atomic E-state index is 0.337. The van der Waals surface area contributed by atoms with Crippen molar-refractivity contribution < 1.29 is 4.42 Å². The fourth-order valence-corrected chi connectivity index (χ4v) is 7.82. The normalized spacial score (nSPS) is 11.6. The smallest absolute Gasteiger partial charge is 0.137 e. The molecule has 0 atom stereocenters. The zero-order valence-electron chi connectivity index (χ0n) is 26.1. The fraction of sp³-hybridized carbons (Fsp3) is 0. The quantitative estimate of drug-likeness (QED) is 0.196. The minimum atomic E-state index is 0.337. The summed E-state index contributed by atoms with van der Waals surface area (Å²) in [7, 11) is 0. The van der Waals surface area contributed by atoms with E-state index >= 15 is 0 Å². The van der Waals surface area contributed by atoms with Crippen LogP contribution < -0.4 is 0 Å². The van der Waals surface area contributed by atoms with Gasteiger partial charge in [-0.05, 0) is 48.5 Å². The molecule has 10 rings (SSSR count). The van der Waals surface area contributed by atoms with E-state index in [0.29, 0.717) is 16.8 Å². The van der Waals surface area contributed by atoms with Crippen LogP contribution in [0, 0.1) is 22.7 Å². The topological polar surface area (TPSA) is 70.6 Å². The highest BCUT2D eigenvalue weighted by molar-refractivity contribution is 6.24. The molecular weight excluding hydrogens is 601 g/mol. The molecule has 5 heteroatoms. The summed E-state index contributed by atoms with van der Waals surface area (Å²) < 4.78 is 10.9. The van der Waals surface area contributed by atoms with Gasteiger partial charge in [-0.2, -0.15) is 10.5 Å². The fourth-order valence-electron chi connectivity index (χ4n) is 7.82. The third-order valence-corrected chi connectivity index (χ3v) is 9.82. The Morgan fingerprint density at radius 1 is 0.449 bits per heavy atom. The standard InChI is InChI=1S/C44H24N4O/c45-25-27-21-22-32(43(35(27)26-46)47-36-16-6-1-11-28(36)29-12-2-7-17-37(29)47)30-13-3-8-18-38(30)48-39-19-9-4-14-31(39)33-23-24-41-42(44(33)48)34-15-5-10-20-40(34)49-41/h1-24H. The Balaban J connectivity index is 1.38. The minimum Gasteiger partial charge on any atom is -0.456 e. The number of hydrogen-bond donors (Lipinski definition) is 0. The number of nitrogens with zero attached hydrogens (tertiary/aromatic N) is 4. The van der Waals surface area contributed by atoms with Crippen molar-refractivity contribution in [3.63, 3.8) is 0 Å². The first kappa shape index (κ1) is 27.1. The van der Waals surface area contributed by atoms with Gasteiger partial charge in [0.05, 0.1) is 50.0 Å². The highest BCUT2D eigenvalue weighted by Gasteiger charge is 2.25. The monoisotopic (exact) mass is 624 g/mol. The van der Waals surface area contributed by atoms with E-state index in [1.54, 1.807) is 6.07 Å². The van der Waals surface area contributed by atoms with Crippen LogP contribution in [0.15, 0.2) is 150 Å². The molecule has 0 saturated heterocycles. The molecule has 0 radical (unpaired) electrons. The predicted molar refractivity (Wildman–Crippen MR) is 197 cm³/mol. The average molecular weight is 625 g/mol. The average Bonchev–Trinajstić information content (AvgIpc) is 3.82. The van der Waals surface area contributed by atoms with E-state index in [-0.39, 0.29) is 0 Å². The number of benzene rings is 7. The molecule has 7 aromatic carbocycles. The van der Waals surface area contributed by atoms with E-state index in [0.717, 1.165) is 82.4 Å². The molecule has 10 aromatic rings. The number of fused-ring (bicyclic) bond motifs is 10. The summed E-state index contributed by atoms with van der Waals surface area (Å²) in [4.78, 5) is 0. The molecule has 226 valence electrons. The van der Waals surface area contributed by atoms with Crippen molar-refractivity contribution in [2.24, 2.45) is 0 Å². The lowest BCUT2D eigenvalue weighted by Crippen LogP contribution is -2.05. The van der Waals surface area contributed by atoms with Gasteiger partial charge in [0.1, 0.15) is 23.3 Å². The van der Waals surface area contributed by atoms with Crippen molar-refractivity contribution in [1.29, 1.82) is 10.5 Å². The maximum atomic E-state index is 10.7. The van der Waals surface area contributed by atoms with Gasteiger partial charge in [0.2, 0.25) is 0 Å². The Kier molecular flexibility index (Phi) is 5.64. The maximum absolute atomic E-state index is 10.7. The molecule has 49 heavy (non-hydrogen) atoms. The van der Waals surface area contributed by atoms with E-state index in [1.165, 1.54) is 0 Å². The first-order valence-corrected chi connectivity index (χ1v) is 16.2. The first-order chi connectivity index (χ1) is 24.3. The largest absolute Gasteiger partial charge is 0.456 e. The van der Waals surface area contributed by atoms with Crippen LogP contribution in [0.1, 0.15) is 11.1 Å². The number of hydrogen-bond acceptors (Lipinski definition) is 3. The lowest BCUT2D eigenvalue weighted by Gasteiger charge is -2.20. The highest BCUT2D eigenvalue weighted by atomic mass is 16.3. The van der Waals surface area contributed by atoms with Gasteiger partial charge in [0, 0.05) is 38.1 Å². The van der Waals surface area contributed by atoms with Gasteiger partial charge in [-0.3, -0.25) is 0 Å². The number of furan rings is 1. The Bertz CT molecular complexity index is 3030. The number of para-hydroxylation sites is 5. The summed E-state index contributed by atoms with van der Waals surface area (Å²) in [6.07, 6.45) is 0. The zero-order valence-corrected chi connectivity index (χ0v) is 26.1. The zero-order chi connectivity index (χ0) is 32.6. The van der Waals surface area contributed by atoms with E-state index in [2.05, 4.69) is 112 Å². The summed E-state index contributed by atoms with van der Waals surface area (Å²) in [5.74, 6) is 0. The molecule has 0 bridgehead atoms. The third kappa shape index (κ3) is 3.67. The number of rotatable bonds is 3. The molecule has 3 aromatic heterocycles. The van der Waals surface area contributed by atoms with E-state index in [4.69, 9.17) is 4.42 Å². The second kappa shape index (κ2) is 10.2. The number of aromatic nitrogens is 2. The van der Waals surface area contributed by atoms with Crippen molar-refractivity contribution >= 4 is 65.6 Å². The SMILES string of the molecule is N#Cc1ccc(-c2ccccc2-n2c3ccccc3c3ccc4oc5ccccc5c4c32)c(-n2c3ccccc3c3ccccc32)c1C#N. The molecule has 0 aliphatic heterocycles. The summed E-state index contributed by atoms with van der Waals surface area (Å²) >= 11 is 0. The van der Waals surface area contributed by atoms with E-state index < -0.39 is 0 Å². The van der Waals surface area contributed by atoms with Gasteiger partial charge >= 0.3 is 0 Å². The van der Waals surface area contributed by atoms with Crippen LogP contribution in [0.3, 0.4) is 0 Å². The van der Waals surface area contributed by atoms with Crippen LogP contribution in [0.25, 0.3) is 88.1 Å². The third-order valence-electron chi connectivity index (χ3n) is 9.82. The molecule has 3 heterocycles. The molecular formula is C44H24N4O. The van der Waals surface area contributed by atoms with Gasteiger partial charge in [-0.25, -0.2) is 0 Å². The van der Waals surface area contributed by atoms with Crippen LogP contribution in [0.4, 0.5) is 0 Å². The van der Waals surface area contributed by atoms with Gasteiger partial charge in [-0.15, -0.1) is 0 Å². The summed E-state index contributed by atoms with van der Waals surface area (Å²) in [5.41, 5.74) is 9.85. The Labute approximate surface area is 280 Å². The summed E-state index contributed by atoms with van der Waals surface area (Å²) in [5, 5.41) is 27.5. The molecule has 0 amide bonds. The van der Waals surface area contributed by atoms with Crippen molar-refractivity contribution in [3.8, 4) is 34.6 Å². The summed E-state index contributed by atoms with van der Waals surface area (Å²) in [6, 6.07) is 54.2. The molecule has 5 nitrogen and oxygen atoms in total. The Hall–Kier alpha value is -7.08.